The molecule has 0 bridgehead atoms. The standard InChI is InChI=1S/C12H17NO2S/c1-3-7(2)11-13-10-8(12(14)15)5-4-6-9(10)16-11/h7-8H,3-6H2,1-2H3,(H,14,15). The summed E-state index contributed by atoms with van der Waals surface area (Å²) in [5.41, 5.74) is 0.846. The van der Waals surface area contributed by atoms with Gasteiger partial charge in [-0.2, -0.15) is 0 Å². The molecule has 2 unspecified atom stereocenters. The summed E-state index contributed by atoms with van der Waals surface area (Å²) in [4.78, 5) is 16.9. The van der Waals surface area contributed by atoms with Crippen LogP contribution in [0.4, 0.5) is 0 Å². The molecule has 0 fully saturated rings. The first-order chi connectivity index (χ1) is 7.63. The van der Waals surface area contributed by atoms with Gasteiger partial charge in [-0.1, -0.05) is 13.8 Å². The van der Waals surface area contributed by atoms with Crippen LogP contribution in [0.5, 0.6) is 0 Å². The van der Waals surface area contributed by atoms with E-state index in [0.717, 1.165) is 36.4 Å². The molecule has 0 amide bonds. The lowest BCUT2D eigenvalue weighted by Crippen LogP contribution is -2.17. The van der Waals surface area contributed by atoms with Gasteiger partial charge in [-0.25, -0.2) is 4.98 Å². The van der Waals surface area contributed by atoms with Gasteiger partial charge in [0.1, 0.15) is 0 Å². The Morgan fingerprint density at radius 1 is 1.69 bits per heavy atom. The first-order valence-corrected chi connectivity index (χ1v) is 6.67. The van der Waals surface area contributed by atoms with Crippen molar-refractivity contribution >= 4 is 17.3 Å². The average molecular weight is 239 g/mol. The number of rotatable bonds is 3. The molecule has 88 valence electrons. The second-order valence-electron chi connectivity index (χ2n) is 4.45. The summed E-state index contributed by atoms with van der Waals surface area (Å²) in [5.74, 6) is -0.634. The Morgan fingerprint density at radius 3 is 3.06 bits per heavy atom. The smallest absolute Gasteiger partial charge is 0.312 e. The Balaban J connectivity index is 2.34. The molecule has 1 aromatic rings. The van der Waals surface area contributed by atoms with Gasteiger partial charge in [-0.05, 0) is 25.7 Å². The van der Waals surface area contributed by atoms with Crippen molar-refractivity contribution < 1.29 is 9.90 Å². The van der Waals surface area contributed by atoms with Crippen LogP contribution in [-0.2, 0) is 11.2 Å². The highest BCUT2D eigenvalue weighted by Gasteiger charge is 2.30. The van der Waals surface area contributed by atoms with Crippen molar-refractivity contribution in [3.05, 3.63) is 15.6 Å². The van der Waals surface area contributed by atoms with E-state index in [2.05, 4.69) is 18.8 Å². The lowest BCUT2D eigenvalue weighted by molar-refractivity contribution is -0.139. The third-order valence-corrected chi connectivity index (χ3v) is 4.67. The number of fused-ring (bicyclic) bond motifs is 1. The number of carboxylic acid groups (broad SMARTS) is 1. The summed E-state index contributed by atoms with van der Waals surface area (Å²) in [6, 6.07) is 0. The van der Waals surface area contributed by atoms with E-state index in [9.17, 15) is 4.79 Å². The molecule has 2 atom stereocenters. The molecule has 1 aliphatic rings. The average Bonchev–Trinajstić information content (AvgIpc) is 2.70. The molecule has 0 radical (unpaired) electrons. The van der Waals surface area contributed by atoms with Gasteiger partial charge in [0.15, 0.2) is 0 Å². The third-order valence-electron chi connectivity index (χ3n) is 3.30. The number of hydrogen-bond acceptors (Lipinski definition) is 3. The predicted octanol–water partition coefficient (Wildman–Crippen LogP) is 3.16. The molecule has 0 saturated heterocycles. The zero-order valence-corrected chi connectivity index (χ0v) is 10.5. The molecule has 2 rings (SSSR count). The zero-order chi connectivity index (χ0) is 11.7. The molecule has 0 aromatic carbocycles. The Labute approximate surface area is 99.5 Å². The maximum Gasteiger partial charge on any atom is 0.312 e. The zero-order valence-electron chi connectivity index (χ0n) is 9.69. The molecule has 1 N–H and O–H groups in total. The van der Waals surface area contributed by atoms with E-state index in [1.54, 1.807) is 11.3 Å². The number of carboxylic acids is 1. The number of nitrogens with zero attached hydrogens (tertiary/aromatic N) is 1. The normalized spacial score (nSPS) is 21.5. The maximum atomic E-state index is 11.1. The highest BCUT2D eigenvalue weighted by atomic mass is 32.1. The van der Waals surface area contributed by atoms with Crippen molar-refractivity contribution in [2.45, 2.75) is 51.4 Å². The van der Waals surface area contributed by atoms with Crippen LogP contribution in [0, 0.1) is 0 Å². The number of aromatic nitrogens is 1. The molecule has 0 saturated carbocycles. The molecule has 4 heteroatoms. The maximum absolute atomic E-state index is 11.1. The van der Waals surface area contributed by atoms with Gasteiger partial charge in [0, 0.05) is 10.8 Å². The fourth-order valence-corrected chi connectivity index (χ4v) is 3.37. The van der Waals surface area contributed by atoms with E-state index in [4.69, 9.17) is 5.11 Å². The summed E-state index contributed by atoms with van der Waals surface area (Å²) in [5, 5.41) is 10.3. The third kappa shape index (κ3) is 1.98. The predicted molar refractivity (Wildman–Crippen MR) is 64.1 cm³/mol. The second kappa shape index (κ2) is 4.53. The van der Waals surface area contributed by atoms with Crippen LogP contribution in [0.3, 0.4) is 0 Å². The molecule has 16 heavy (non-hydrogen) atoms. The Kier molecular flexibility index (Phi) is 3.28. The van der Waals surface area contributed by atoms with E-state index in [1.807, 2.05) is 0 Å². The van der Waals surface area contributed by atoms with Gasteiger partial charge < -0.3 is 5.11 Å². The summed E-state index contributed by atoms with van der Waals surface area (Å²) >= 11 is 1.71. The molecule has 0 spiro atoms. The van der Waals surface area contributed by atoms with E-state index in [0.29, 0.717) is 5.92 Å². The van der Waals surface area contributed by atoms with Crippen molar-refractivity contribution in [3.63, 3.8) is 0 Å². The minimum Gasteiger partial charge on any atom is -0.481 e. The lowest BCUT2D eigenvalue weighted by atomic mass is 9.91. The summed E-state index contributed by atoms with van der Waals surface area (Å²) in [6.07, 6.45) is 3.79. The Morgan fingerprint density at radius 2 is 2.44 bits per heavy atom. The highest BCUT2D eigenvalue weighted by molar-refractivity contribution is 7.11. The van der Waals surface area contributed by atoms with Crippen molar-refractivity contribution in [3.8, 4) is 0 Å². The van der Waals surface area contributed by atoms with Crippen LogP contribution in [0.2, 0.25) is 0 Å². The van der Waals surface area contributed by atoms with Crippen LogP contribution < -0.4 is 0 Å². The number of aryl methyl sites for hydroxylation is 1. The van der Waals surface area contributed by atoms with E-state index < -0.39 is 5.97 Å². The van der Waals surface area contributed by atoms with Crippen LogP contribution >= 0.6 is 11.3 Å². The Hall–Kier alpha value is -0.900. The summed E-state index contributed by atoms with van der Waals surface area (Å²) in [7, 11) is 0. The fourth-order valence-electron chi connectivity index (χ4n) is 2.06. The first-order valence-electron chi connectivity index (χ1n) is 5.85. The Bertz CT molecular complexity index is 400. The number of carbonyl (C=O) groups is 1. The van der Waals surface area contributed by atoms with Crippen LogP contribution in [0.25, 0.3) is 0 Å². The second-order valence-corrected chi connectivity index (χ2v) is 5.57. The van der Waals surface area contributed by atoms with Crippen molar-refractivity contribution in [1.82, 2.24) is 4.98 Å². The monoisotopic (exact) mass is 239 g/mol. The topological polar surface area (TPSA) is 50.2 Å². The highest BCUT2D eigenvalue weighted by Crippen LogP contribution is 2.37. The van der Waals surface area contributed by atoms with Gasteiger partial charge in [0.05, 0.1) is 16.6 Å². The number of aliphatic carboxylic acids is 1. The van der Waals surface area contributed by atoms with Crippen LogP contribution in [-0.4, -0.2) is 16.1 Å². The number of hydrogen-bond donors (Lipinski definition) is 1. The first kappa shape index (κ1) is 11.6. The van der Waals surface area contributed by atoms with Crippen LogP contribution in [0.1, 0.15) is 60.5 Å². The van der Waals surface area contributed by atoms with Gasteiger partial charge in [-0.15, -0.1) is 11.3 Å². The molecule has 3 nitrogen and oxygen atoms in total. The van der Waals surface area contributed by atoms with Gasteiger partial charge in [0.25, 0.3) is 0 Å². The van der Waals surface area contributed by atoms with Gasteiger partial charge >= 0.3 is 5.97 Å². The summed E-state index contributed by atoms with van der Waals surface area (Å²) in [6.45, 7) is 4.29. The largest absolute Gasteiger partial charge is 0.481 e. The SMILES string of the molecule is CCC(C)c1nc2c(s1)CCCC2C(=O)O. The molecule has 1 aliphatic carbocycles. The minimum atomic E-state index is -0.720. The van der Waals surface area contributed by atoms with Crippen molar-refractivity contribution in [1.29, 1.82) is 0 Å². The quantitative estimate of drug-likeness (QED) is 0.881. The van der Waals surface area contributed by atoms with Crippen molar-refractivity contribution in [2.24, 2.45) is 0 Å². The van der Waals surface area contributed by atoms with E-state index in [1.165, 1.54) is 4.88 Å². The van der Waals surface area contributed by atoms with Crippen molar-refractivity contribution in [2.75, 3.05) is 0 Å². The molecule has 1 heterocycles. The van der Waals surface area contributed by atoms with Crippen LogP contribution in [0.15, 0.2) is 0 Å². The lowest BCUT2D eigenvalue weighted by Gasteiger charge is -2.16. The molecular formula is C12H17NO2S. The number of thiazole rings is 1. The van der Waals surface area contributed by atoms with Gasteiger partial charge in [0.2, 0.25) is 0 Å². The minimum absolute atomic E-state index is 0.363. The van der Waals surface area contributed by atoms with E-state index in [-0.39, 0.29) is 5.92 Å². The summed E-state index contributed by atoms with van der Waals surface area (Å²) < 4.78 is 0. The fraction of sp³-hybridized carbons (Fsp3) is 0.667. The van der Waals surface area contributed by atoms with Gasteiger partial charge in [-0.3, -0.25) is 4.79 Å². The molecule has 1 aromatic heterocycles. The molecule has 0 aliphatic heterocycles. The molecular weight excluding hydrogens is 222 g/mol. The van der Waals surface area contributed by atoms with E-state index >= 15 is 0 Å².